The van der Waals surface area contributed by atoms with E-state index in [4.69, 9.17) is 9.15 Å². The van der Waals surface area contributed by atoms with E-state index >= 15 is 0 Å². The molecule has 0 N–H and O–H groups in total. The standard InChI is InChI=1S/C22H22N4O2/c1-25(13-17-12-23-26(14-17)20-6-4-3-5-7-20)15-19-16-28-22(24-19)18-8-10-21(27-2)11-9-18/h3-12,14,16H,13,15H2,1-2H3. The average Bonchev–Trinajstić information content (AvgIpc) is 3.38. The molecule has 4 aromatic rings. The quantitative estimate of drug-likeness (QED) is 0.486. The van der Waals surface area contributed by atoms with E-state index in [1.807, 2.05) is 65.5 Å². The van der Waals surface area contributed by atoms with E-state index in [1.165, 1.54) is 0 Å². The van der Waals surface area contributed by atoms with Crippen LogP contribution in [0.4, 0.5) is 0 Å². The summed E-state index contributed by atoms with van der Waals surface area (Å²) in [5, 5.41) is 4.45. The highest BCUT2D eigenvalue weighted by Crippen LogP contribution is 2.22. The number of ether oxygens (including phenoxy) is 1. The smallest absolute Gasteiger partial charge is 0.226 e. The molecule has 0 bridgehead atoms. The minimum atomic E-state index is 0.614. The molecule has 0 amide bonds. The van der Waals surface area contributed by atoms with Gasteiger partial charge in [0.2, 0.25) is 5.89 Å². The van der Waals surface area contributed by atoms with Crippen LogP contribution in [-0.4, -0.2) is 33.8 Å². The molecule has 2 heterocycles. The van der Waals surface area contributed by atoms with E-state index in [0.29, 0.717) is 12.4 Å². The van der Waals surface area contributed by atoms with Gasteiger partial charge in [-0.25, -0.2) is 9.67 Å². The van der Waals surface area contributed by atoms with Crippen LogP contribution in [0.1, 0.15) is 11.3 Å². The lowest BCUT2D eigenvalue weighted by Crippen LogP contribution is -2.17. The van der Waals surface area contributed by atoms with Crippen LogP contribution in [-0.2, 0) is 13.1 Å². The largest absolute Gasteiger partial charge is 0.497 e. The first-order chi connectivity index (χ1) is 13.7. The number of hydrogen-bond acceptors (Lipinski definition) is 5. The van der Waals surface area contributed by atoms with Gasteiger partial charge in [-0.2, -0.15) is 5.10 Å². The Hall–Kier alpha value is -3.38. The van der Waals surface area contributed by atoms with Crippen LogP contribution in [0.2, 0.25) is 0 Å². The van der Waals surface area contributed by atoms with Crippen molar-refractivity contribution in [3.8, 4) is 22.9 Å². The number of methoxy groups -OCH3 is 1. The number of rotatable bonds is 7. The van der Waals surface area contributed by atoms with Crippen molar-refractivity contribution in [3.63, 3.8) is 0 Å². The number of oxazole rings is 1. The predicted molar refractivity (Wildman–Crippen MR) is 107 cm³/mol. The van der Waals surface area contributed by atoms with Crippen LogP contribution in [0, 0.1) is 0 Å². The van der Waals surface area contributed by atoms with Gasteiger partial charge >= 0.3 is 0 Å². The van der Waals surface area contributed by atoms with Gasteiger partial charge in [-0.15, -0.1) is 0 Å². The van der Waals surface area contributed by atoms with E-state index in [9.17, 15) is 0 Å². The number of benzene rings is 2. The van der Waals surface area contributed by atoms with Crippen molar-refractivity contribution in [1.29, 1.82) is 0 Å². The Bertz CT molecular complexity index is 1020. The topological polar surface area (TPSA) is 56.3 Å². The molecule has 0 aliphatic rings. The number of aromatic nitrogens is 3. The van der Waals surface area contributed by atoms with Gasteiger partial charge in [-0.1, -0.05) is 18.2 Å². The Balaban J connectivity index is 1.38. The van der Waals surface area contributed by atoms with Crippen molar-refractivity contribution in [2.24, 2.45) is 0 Å². The summed E-state index contributed by atoms with van der Waals surface area (Å²) in [5.41, 5.74) is 4.02. The highest BCUT2D eigenvalue weighted by Gasteiger charge is 2.10. The normalized spacial score (nSPS) is 11.1. The first kappa shape index (κ1) is 18.0. The lowest BCUT2D eigenvalue weighted by Gasteiger charge is -2.13. The molecule has 2 aromatic carbocycles. The molecule has 0 aliphatic carbocycles. The maximum absolute atomic E-state index is 5.64. The van der Waals surface area contributed by atoms with E-state index < -0.39 is 0 Å². The minimum Gasteiger partial charge on any atom is -0.497 e. The van der Waals surface area contributed by atoms with Gasteiger partial charge < -0.3 is 9.15 Å². The SMILES string of the molecule is COc1ccc(-c2nc(CN(C)Cc3cnn(-c4ccccc4)c3)co2)cc1. The zero-order valence-electron chi connectivity index (χ0n) is 15.9. The fourth-order valence-corrected chi connectivity index (χ4v) is 3.05. The van der Waals surface area contributed by atoms with Gasteiger partial charge in [0.1, 0.15) is 12.0 Å². The lowest BCUT2D eigenvalue weighted by molar-refractivity contribution is 0.314. The molecule has 0 saturated heterocycles. The van der Waals surface area contributed by atoms with Gasteiger partial charge in [0.25, 0.3) is 0 Å². The molecule has 0 atom stereocenters. The Morgan fingerprint density at radius 3 is 2.57 bits per heavy atom. The first-order valence-electron chi connectivity index (χ1n) is 9.07. The number of nitrogens with zero attached hydrogens (tertiary/aromatic N) is 4. The van der Waals surface area contributed by atoms with Crippen LogP contribution in [0.3, 0.4) is 0 Å². The van der Waals surface area contributed by atoms with Gasteiger partial charge in [-0.05, 0) is 43.4 Å². The van der Waals surface area contributed by atoms with Crippen molar-refractivity contribution in [2.45, 2.75) is 13.1 Å². The van der Waals surface area contributed by atoms with Crippen molar-refractivity contribution >= 4 is 0 Å². The highest BCUT2D eigenvalue weighted by molar-refractivity contribution is 5.54. The molecule has 28 heavy (non-hydrogen) atoms. The first-order valence-corrected chi connectivity index (χ1v) is 9.07. The Morgan fingerprint density at radius 1 is 1.04 bits per heavy atom. The van der Waals surface area contributed by atoms with Crippen LogP contribution in [0.15, 0.2) is 77.7 Å². The second kappa shape index (κ2) is 8.10. The number of para-hydroxylation sites is 1. The maximum atomic E-state index is 5.64. The summed E-state index contributed by atoms with van der Waals surface area (Å²) >= 11 is 0. The summed E-state index contributed by atoms with van der Waals surface area (Å²) in [4.78, 5) is 6.78. The van der Waals surface area contributed by atoms with Crippen LogP contribution >= 0.6 is 0 Å². The zero-order chi connectivity index (χ0) is 19.3. The van der Waals surface area contributed by atoms with Gasteiger partial charge in [0.15, 0.2) is 0 Å². The second-order valence-corrected chi connectivity index (χ2v) is 6.67. The van der Waals surface area contributed by atoms with Crippen LogP contribution in [0.5, 0.6) is 5.75 Å². The van der Waals surface area contributed by atoms with E-state index in [0.717, 1.165) is 34.8 Å². The van der Waals surface area contributed by atoms with E-state index in [-0.39, 0.29) is 0 Å². The molecule has 0 aliphatic heterocycles. The van der Waals surface area contributed by atoms with Gasteiger partial charge in [-0.3, -0.25) is 4.90 Å². The Morgan fingerprint density at radius 2 is 1.82 bits per heavy atom. The van der Waals surface area contributed by atoms with Crippen molar-refractivity contribution in [3.05, 3.63) is 84.5 Å². The predicted octanol–water partition coefficient (Wildman–Crippen LogP) is 4.17. The third-order valence-electron chi connectivity index (χ3n) is 4.43. The van der Waals surface area contributed by atoms with Crippen molar-refractivity contribution in [1.82, 2.24) is 19.7 Å². The minimum absolute atomic E-state index is 0.614. The van der Waals surface area contributed by atoms with E-state index in [1.54, 1.807) is 13.4 Å². The molecule has 0 fully saturated rings. The molecule has 142 valence electrons. The maximum Gasteiger partial charge on any atom is 0.226 e. The van der Waals surface area contributed by atoms with E-state index in [2.05, 4.69) is 28.2 Å². The molecular formula is C22H22N4O2. The molecule has 6 nitrogen and oxygen atoms in total. The number of hydrogen-bond donors (Lipinski definition) is 0. The molecule has 2 aromatic heterocycles. The van der Waals surface area contributed by atoms with Gasteiger partial charge in [0, 0.05) is 30.4 Å². The summed E-state index contributed by atoms with van der Waals surface area (Å²) in [6.45, 7) is 1.47. The molecule has 0 unspecified atom stereocenters. The molecule has 4 rings (SSSR count). The fourth-order valence-electron chi connectivity index (χ4n) is 3.05. The van der Waals surface area contributed by atoms with Crippen molar-refractivity contribution in [2.75, 3.05) is 14.2 Å². The molecule has 0 radical (unpaired) electrons. The van der Waals surface area contributed by atoms with Crippen LogP contribution in [0.25, 0.3) is 17.1 Å². The third kappa shape index (κ3) is 4.13. The third-order valence-corrected chi connectivity index (χ3v) is 4.43. The zero-order valence-corrected chi connectivity index (χ0v) is 15.9. The summed E-state index contributed by atoms with van der Waals surface area (Å²) in [6, 6.07) is 17.8. The molecule has 0 spiro atoms. The summed E-state index contributed by atoms with van der Waals surface area (Å²) in [5.74, 6) is 1.43. The Labute approximate surface area is 164 Å². The van der Waals surface area contributed by atoms with Crippen LogP contribution < -0.4 is 4.74 Å². The summed E-state index contributed by atoms with van der Waals surface area (Å²) in [7, 11) is 3.71. The highest BCUT2D eigenvalue weighted by atomic mass is 16.5. The Kier molecular flexibility index (Phi) is 5.21. The second-order valence-electron chi connectivity index (χ2n) is 6.67. The van der Waals surface area contributed by atoms with Gasteiger partial charge in [0.05, 0.1) is 24.7 Å². The fraction of sp³-hybridized carbons (Fsp3) is 0.182. The van der Waals surface area contributed by atoms with Crippen molar-refractivity contribution < 1.29 is 9.15 Å². The lowest BCUT2D eigenvalue weighted by atomic mass is 10.2. The summed E-state index contributed by atoms with van der Waals surface area (Å²) in [6.07, 6.45) is 5.66. The molecule has 0 saturated carbocycles. The molecular weight excluding hydrogens is 352 g/mol. The monoisotopic (exact) mass is 374 g/mol. The average molecular weight is 374 g/mol. The molecule has 6 heteroatoms. The summed E-state index contributed by atoms with van der Waals surface area (Å²) < 4.78 is 12.7.